The van der Waals surface area contributed by atoms with Gasteiger partial charge in [-0.3, -0.25) is 4.98 Å². The third-order valence-electron chi connectivity index (χ3n) is 3.97. The van der Waals surface area contributed by atoms with E-state index in [0.717, 1.165) is 5.75 Å². The quantitative estimate of drug-likeness (QED) is 0.479. The molecule has 7 nitrogen and oxygen atoms in total. The van der Waals surface area contributed by atoms with Crippen molar-refractivity contribution in [1.29, 1.82) is 0 Å². The molecule has 0 amide bonds. The van der Waals surface area contributed by atoms with Gasteiger partial charge in [-0.05, 0) is 18.2 Å². The normalized spacial score (nSPS) is 10.6. The van der Waals surface area contributed by atoms with Crippen LogP contribution in [-0.4, -0.2) is 23.0 Å². The summed E-state index contributed by atoms with van der Waals surface area (Å²) in [5.74, 6) is 0.832. The van der Waals surface area contributed by atoms with E-state index in [4.69, 9.17) is 15.2 Å². The molecule has 3 aromatic heterocycles. The highest BCUT2D eigenvalue weighted by Crippen LogP contribution is 2.38. The molecule has 4 rings (SSSR count). The highest BCUT2D eigenvalue weighted by atomic mass is 32.1. The van der Waals surface area contributed by atoms with Crippen molar-refractivity contribution in [3.05, 3.63) is 65.9 Å². The fraction of sp³-hybridized carbons (Fsp3) is 0.0500. The number of anilines is 3. The van der Waals surface area contributed by atoms with Crippen LogP contribution >= 0.6 is 11.3 Å². The second-order valence-corrected chi connectivity index (χ2v) is 6.82. The van der Waals surface area contributed by atoms with Crippen molar-refractivity contribution in [2.45, 2.75) is 0 Å². The summed E-state index contributed by atoms with van der Waals surface area (Å²) < 4.78 is 10.6. The first-order valence-corrected chi connectivity index (χ1v) is 9.17. The van der Waals surface area contributed by atoms with E-state index in [2.05, 4.69) is 15.3 Å². The fourth-order valence-electron chi connectivity index (χ4n) is 2.72. The SMILES string of the molecule is COC(=O)c1sc2nccc(Nc3cncc(Oc4ccccc4)c3)c2c1N. The number of esters is 1. The number of nitrogen functional groups attached to an aromatic ring is 1. The lowest BCUT2D eigenvalue weighted by molar-refractivity contribution is 0.0607. The van der Waals surface area contributed by atoms with Gasteiger partial charge in [-0.2, -0.15) is 0 Å². The van der Waals surface area contributed by atoms with Crippen LogP contribution in [0, 0.1) is 0 Å². The van der Waals surface area contributed by atoms with Gasteiger partial charge in [-0.15, -0.1) is 11.3 Å². The number of nitrogens with one attached hydrogen (secondary N) is 1. The van der Waals surface area contributed by atoms with Gasteiger partial charge in [0.1, 0.15) is 21.2 Å². The third kappa shape index (κ3) is 3.45. The Morgan fingerprint density at radius 1 is 1.14 bits per heavy atom. The molecule has 28 heavy (non-hydrogen) atoms. The van der Waals surface area contributed by atoms with Crippen LogP contribution < -0.4 is 15.8 Å². The number of benzene rings is 1. The molecule has 0 spiro atoms. The number of thiophene rings is 1. The molecule has 3 N–H and O–H groups in total. The Labute approximate surface area is 164 Å². The van der Waals surface area contributed by atoms with E-state index >= 15 is 0 Å². The van der Waals surface area contributed by atoms with Gasteiger partial charge in [0.15, 0.2) is 0 Å². The minimum Gasteiger partial charge on any atom is -0.465 e. The number of aromatic nitrogens is 2. The van der Waals surface area contributed by atoms with Gasteiger partial charge in [-0.25, -0.2) is 9.78 Å². The van der Waals surface area contributed by atoms with Gasteiger partial charge in [0.25, 0.3) is 0 Å². The van der Waals surface area contributed by atoms with Crippen molar-refractivity contribution in [2.75, 3.05) is 18.2 Å². The Kier molecular flexibility index (Phi) is 4.77. The molecular formula is C20H16N4O3S. The zero-order valence-electron chi connectivity index (χ0n) is 14.9. The first-order chi connectivity index (χ1) is 13.7. The van der Waals surface area contributed by atoms with Crippen LogP contribution in [0.3, 0.4) is 0 Å². The Balaban J connectivity index is 1.66. The van der Waals surface area contributed by atoms with Crippen LogP contribution in [-0.2, 0) is 4.74 Å². The number of carbonyl (C=O) groups excluding carboxylic acids is 1. The molecule has 0 aliphatic heterocycles. The number of nitrogens with zero attached hydrogens (tertiary/aromatic N) is 2. The highest BCUT2D eigenvalue weighted by molar-refractivity contribution is 7.21. The molecule has 0 aliphatic rings. The van der Waals surface area contributed by atoms with E-state index in [9.17, 15) is 4.79 Å². The lowest BCUT2D eigenvalue weighted by Crippen LogP contribution is -2.02. The number of fused-ring (bicyclic) bond motifs is 1. The van der Waals surface area contributed by atoms with Crippen LogP contribution in [0.15, 0.2) is 61.1 Å². The van der Waals surface area contributed by atoms with Gasteiger partial charge < -0.3 is 20.5 Å². The largest absolute Gasteiger partial charge is 0.465 e. The Bertz CT molecular complexity index is 1140. The van der Waals surface area contributed by atoms with Crippen LogP contribution in [0.5, 0.6) is 11.5 Å². The average molecular weight is 392 g/mol. The smallest absolute Gasteiger partial charge is 0.350 e. The van der Waals surface area contributed by atoms with Crippen LogP contribution in [0.25, 0.3) is 10.2 Å². The Morgan fingerprint density at radius 3 is 2.75 bits per heavy atom. The summed E-state index contributed by atoms with van der Waals surface area (Å²) in [4.78, 5) is 21.4. The summed E-state index contributed by atoms with van der Waals surface area (Å²) in [5, 5.41) is 3.95. The maximum absolute atomic E-state index is 11.9. The van der Waals surface area contributed by atoms with Crippen molar-refractivity contribution in [3.63, 3.8) is 0 Å². The molecule has 4 aromatic rings. The second-order valence-electron chi connectivity index (χ2n) is 5.82. The summed E-state index contributed by atoms with van der Waals surface area (Å²) in [5.41, 5.74) is 7.96. The number of hydrogen-bond acceptors (Lipinski definition) is 8. The lowest BCUT2D eigenvalue weighted by Gasteiger charge is -2.10. The van der Waals surface area contributed by atoms with E-state index in [-0.39, 0.29) is 0 Å². The zero-order valence-corrected chi connectivity index (χ0v) is 15.7. The van der Waals surface area contributed by atoms with Crippen molar-refractivity contribution in [1.82, 2.24) is 9.97 Å². The van der Waals surface area contributed by atoms with Crippen LogP contribution in [0.2, 0.25) is 0 Å². The first-order valence-electron chi connectivity index (χ1n) is 8.36. The van der Waals surface area contributed by atoms with Gasteiger partial charge in [0.05, 0.1) is 42.0 Å². The monoisotopic (exact) mass is 392 g/mol. The van der Waals surface area contributed by atoms with Crippen molar-refractivity contribution >= 4 is 44.6 Å². The van der Waals surface area contributed by atoms with Crippen molar-refractivity contribution in [2.24, 2.45) is 0 Å². The number of hydrogen-bond donors (Lipinski definition) is 2. The molecule has 1 aromatic carbocycles. The Morgan fingerprint density at radius 2 is 1.96 bits per heavy atom. The van der Waals surface area contributed by atoms with Gasteiger partial charge in [0.2, 0.25) is 0 Å². The molecule has 0 radical (unpaired) electrons. The standard InChI is InChI=1S/C20H16N4O3S/c1-26-20(25)18-17(21)16-15(7-8-23-19(16)28-18)24-12-9-14(11-22-10-12)27-13-5-3-2-4-6-13/h2-11H,21H2,1H3,(H,23,24). The zero-order chi connectivity index (χ0) is 19.5. The summed E-state index contributed by atoms with van der Waals surface area (Å²) in [6.07, 6.45) is 4.96. The molecule has 3 heterocycles. The summed E-state index contributed by atoms with van der Waals surface area (Å²) in [7, 11) is 1.32. The number of methoxy groups -OCH3 is 1. The fourth-order valence-corrected chi connectivity index (χ4v) is 3.72. The van der Waals surface area contributed by atoms with Crippen LogP contribution in [0.4, 0.5) is 17.1 Å². The minimum atomic E-state index is -0.480. The third-order valence-corrected chi connectivity index (χ3v) is 5.06. The Hall–Kier alpha value is -3.65. The number of nitrogens with two attached hydrogens (primary N) is 1. The summed E-state index contributed by atoms with van der Waals surface area (Å²) >= 11 is 1.20. The van der Waals surface area contributed by atoms with E-state index < -0.39 is 5.97 Å². The number of pyridine rings is 2. The van der Waals surface area contributed by atoms with Gasteiger partial charge in [-0.1, -0.05) is 18.2 Å². The highest BCUT2D eigenvalue weighted by Gasteiger charge is 2.20. The number of carbonyl (C=O) groups is 1. The second kappa shape index (κ2) is 7.53. The molecule has 0 atom stereocenters. The summed E-state index contributed by atoms with van der Waals surface area (Å²) in [6, 6.07) is 13.1. The van der Waals surface area contributed by atoms with E-state index in [1.807, 2.05) is 36.4 Å². The molecule has 0 saturated carbocycles. The molecule has 0 bridgehead atoms. The molecular weight excluding hydrogens is 376 g/mol. The minimum absolute atomic E-state index is 0.332. The molecule has 8 heteroatoms. The van der Waals surface area contributed by atoms with E-state index in [1.54, 1.807) is 24.7 Å². The topological polar surface area (TPSA) is 99.4 Å². The lowest BCUT2D eigenvalue weighted by atomic mass is 10.2. The maximum atomic E-state index is 11.9. The average Bonchev–Trinajstić information content (AvgIpc) is 3.06. The number of rotatable bonds is 5. The number of para-hydroxylation sites is 1. The number of ether oxygens (including phenoxy) is 2. The van der Waals surface area contributed by atoms with Gasteiger partial charge in [0, 0.05) is 12.3 Å². The predicted molar refractivity (Wildman–Crippen MR) is 109 cm³/mol. The molecule has 0 fully saturated rings. The predicted octanol–water partition coefficient (Wildman–Crippen LogP) is 4.60. The molecule has 140 valence electrons. The van der Waals surface area contributed by atoms with Crippen molar-refractivity contribution in [3.8, 4) is 11.5 Å². The summed E-state index contributed by atoms with van der Waals surface area (Å²) in [6.45, 7) is 0. The first kappa shape index (κ1) is 17.7. The van der Waals surface area contributed by atoms with E-state index in [0.29, 0.717) is 37.9 Å². The van der Waals surface area contributed by atoms with Gasteiger partial charge >= 0.3 is 5.97 Å². The van der Waals surface area contributed by atoms with Crippen LogP contribution in [0.1, 0.15) is 9.67 Å². The molecule has 0 saturated heterocycles. The van der Waals surface area contributed by atoms with Crippen molar-refractivity contribution < 1.29 is 14.3 Å². The molecule has 0 unspecified atom stereocenters. The molecule has 0 aliphatic carbocycles. The maximum Gasteiger partial charge on any atom is 0.350 e. The van der Waals surface area contributed by atoms with E-state index in [1.165, 1.54) is 18.4 Å².